The predicted octanol–water partition coefficient (Wildman–Crippen LogP) is 5.67. The lowest BCUT2D eigenvalue weighted by molar-refractivity contribution is 0.0665. The van der Waals surface area contributed by atoms with E-state index in [1.165, 1.54) is 5.56 Å². The van der Waals surface area contributed by atoms with Crippen LogP contribution in [0.1, 0.15) is 45.6 Å². The van der Waals surface area contributed by atoms with Crippen LogP contribution in [0.25, 0.3) is 10.9 Å². The van der Waals surface area contributed by atoms with E-state index in [4.69, 9.17) is 16.3 Å². The highest BCUT2D eigenvalue weighted by molar-refractivity contribution is 6.30. The van der Waals surface area contributed by atoms with E-state index in [9.17, 15) is 9.90 Å². The topological polar surface area (TPSA) is 84.3 Å². The van der Waals surface area contributed by atoms with Crippen LogP contribution in [0.15, 0.2) is 66.7 Å². The third-order valence-electron chi connectivity index (χ3n) is 6.95. The van der Waals surface area contributed by atoms with E-state index < -0.39 is 5.91 Å². The molecule has 2 heterocycles. The molecule has 1 aliphatic heterocycles. The fourth-order valence-electron chi connectivity index (χ4n) is 4.87. The Kier molecular flexibility index (Phi) is 7.97. The molecule has 37 heavy (non-hydrogen) atoms. The Morgan fingerprint density at radius 2 is 1.70 bits per heavy atom. The summed E-state index contributed by atoms with van der Waals surface area (Å²) in [4.78, 5) is 12.9. The van der Waals surface area contributed by atoms with Crippen LogP contribution in [0.2, 0.25) is 5.02 Å². The summed E-state index contributed by atoms with van der Waals surface area (Å²) in [6.07, 6.45) is 4.56. The first-order valence-electron chi connectivity index (χ1n) is 12.7. The van der Waals surface area contributed by atoms with E-state index in [0.29, 0.717) is 28.4 Å². The van der Waals surface area contributed by atoms with Gasteiger partial charge in [-0.25, -0.2) is 0 Å². The zero-order valence-electron chi connectivity index (χ0n) is 20.6. The van der Waals surface area contributed by atoms with Crippen molar-refractivity contribution in [3.8, 4) is 5.75 Å². The van der Waals surface area contributed by atoms with Crippen molar-refractivity contribution in [3.05, 3.63) is 99.7 Å². The summed E-state index contributed by atoms with van der Waals surface area (Å²) in [5.74, 6) is -0.0665. The van der Waals surface area contributed by atoms with Crippen molar-refractivity contribution in [2.24, 2.45) is 5.92 Å². The van der Waals surface area contributed by atoms with Gasteiger partial charge in [0.1, 0.15) is 0 Å². The molecule has 0 aliphatic carbocycles. The number of ether oxygens (including phenoxy) is 1. The number of carbonyl (C=O) groups excluding carboxylic acids is 1. The Morgan fingerprint density at radius 3 is 2.46 bits per heavy atom. The Labute approximate surface area is 221 Å². The van der Waals surface area contributed by atoms with Gasteiger partial charge >= 0.3 is 0 Å². The molecule has 0 saturated carbocycles. The molecule has 3 aromatic carbocycles. The second-order valence-corrected chi connectivity index (χ2v) is 10.0. The van der Waals surface area contributed by atoms with Crippen LogP contribution >= 0.6 is 11.6 Å². The summed E-state index contributed by atoms with van der Waals surface area (Å²) >= 11 is 5.95. The maximum absolute atomic E-state index is 12.9. The maximum Gasteiger partial charge on any atom is 0.275 e. The molecule has 6 nitrogen and oxygen atoms in total. The van der Waals surface area contributed by atoms with E-state index >= 15 is 0 Å². The number of fused-ring (bicyclic) bond motifs is 1. The van der Waals surface area contributed by atoms with Gasteiger partial charge in [-0.2, -0.15) is 0 Å². The molecule has 1 amide bonds. The number of aromatic nitrogens is 2. The standard InChI is InChI=1S/C30H30ClN3O3/c31-25-10-7-22(8-11-25)19-32-30(36)28-29(35)26-18-23(16-21-12-14-37-15-13-21)17-24(27(26)33-34-28)9-6-20-4-2-1-3-5-20/h1-5,7-8,10-11,17-18,21H,6,9,12-16,19H2,(H,32,36)(H,33,35). The number of benzene rings is 3. The molecule has 190 valence electrons. The summed E-state index contributed by atoms with van der Waals surface area (Å²) in [5.41, 5.74) is 4.86. The van der Waals surface area contributed by atoms with E-state index in [-0.39, 0.29) is 11.4 Å². The lowest BCUT2D eigenvalue weighted by atomic mass is 9.90. The summed E-state index contributed by atoms with van der Waals surface area (Å²) in [6.45, 7) is 1.86. The van der Waals surface area contributed by atoms with E-state index in [0.717, 1.165) is 62.0 Å². The predicted molar refractivity (Wildman–Crippen MR) is 145 cm³/mol. The molecular weight excluding hydrogens is 486 g/mol. The first kappa shape index (κ1) is 25.2. The van der Waals surface area contributed by atoms with Crippen molar-refractivity contribution in [1.82, 2.24) is 15.5 Å². The van der Waals surface area contributed by atoms with E-state index in [1.54, 1.807) is 12.1 Å². The van der Waals surface area contributed by atoms with Gasteiger partial charge in [-0.1, -0.05) is 60.1 Å². The zero-order chi connectivity index (χ0) is 25.6. The monoisotopic (exact) mass is 515 g/mol. The van der Waals surface area contributed by atoms with Crippen molar-refractivity contribution in [3.63, 3.8) is 0 Å². The first-order valence-corrected chi connectivity index (χ1v) is 13.1. The highest BCUT2D eigenvalue weighted by Gasteiger charge is 2.21. The van der Waals surface area contributed by atoms with E-state index in [1.807, 2.05) is 36.4 Å². The molecule has 1 aliphatic rings. The number of nitrogens with zero attached hydrogens (tertiary/aromatic N) is 2. The van der Waals surface area contributed by atoms with Crippen molar-refractivity contribution >= 4 is 28.4 Å². The zero-order valence-corrected chi connectivity index (χ0v) is 21.4. The average Bonchev–Trinajstić information content (AvgIpc) is 2.93. The number of rotatable bonds is 8. The van der Waals surface area contributed by atoms with Crippen LogP contribution in [-0.4, -0.2) is 34.4 Å². The SMILES string of the molecule is O=C(NCc1ccc(Cl)cc1)c1nnc2c(CCc3ccccc3)cc(CC3CCOCC3)cc2c1O. The fraction of sp³-hybridized carbons (Fsp3) is 0.300. The lowest BCUT2D eigenvalue weighted by Crippen LogP contribution is -2.24. The summed E-state index contributed by atoms with van der Waals surface area (Å²) < 4.78 is 5.53. The quantitative estimate of drug-likeness (QED) is 0.316. The van der Waals surface area contributed by atoms with Crippen LogP contribution in [0, 0.1) is 5.92 Å². The molecule has 2 N–H and O–H groups in total. The van der Waals surface area contributed by atoms with Gasteiger partial charge in [0, 0.05) is 30.2 Å². The molecule has 0 unspecified atom stereocenters. The van der Waals surface area contributed by atoms with Crippen LogP contribution < -0.4 is 5.32 Å². The molecule has 7 heteroatoms. The van der Waals surface area contributed by atoms with Gasteiger partial charge in [0.25, 0.3) is 5.91 Å². The maximum atomic E-state index is 12.9. The van der Waals surface area contributed by atoms with Gasteiger partial charge in [0.05, 0.1) is 5.52 Å². The third kappa shape index (κ3) is 6.27. The summed E-state index contributed by atoms with van der Waals surface area (Å²) in [7, 11) is 0. The number of nitrogens with one attached hydrogen (secondary N) is 1. The summed E-state index contributed by atoms with van der Waals surface area (Å²) in [6, 6.07) is 21.7. The minimum absolute atomic E-state index is 0.0707. The highest BCUT2D eigenvalue weighted by Crippen LogP contribution is 2.32. The van der Waals surface area contributed by atoms with Gasteiger partial charge in [0.15, 0.2) is 11.4 Å². The van der Waals surface area contributed by atoms with Crippen molar-refractivity contribution < 1.29 is 14.6 Å². The second-order valence-electron chi connectivity index (χ2n) is 9.60. The van der Waals surface area contributed by atoms with Crippen LogP contribution in [0.3, 0.4) is 0 Å². The van der Waals surface area contributed by atoms with Gasteiger partial charge in [-0.05, 0) is 78.5 Å². The molecule has 4 aromatic rings. The van der Waals surface area contributed by atoms with Gasteiger partial charge in [-0.15, -0.1) is 10.2 Å². The average molecular weight is 516 g/mol. The molecule has 0 bridgehead atoms. The molecule has 0 radical (unpaired) electrons. The number of aromatic hydroxyl groups is 1. The molecule has 1 aromatic heterocycles. The molecular formula is C30H30ClN3O3. The Bertz CT molecular complexity index is 1370. The van der Waals surface area contributed by atoms with Gasteiger partial charge < -0.3 is 15.2 Å². The van der Waals surface area contributed by atoms with E-state index in [2.05, 4.69) is 33.7 Å². The normalized spacial score (nSPS) is 14.1. The van der Waals surface area contributed by atoms with Gasteiger partial charge in [-0.3, -0.25) is 4.79 Å². The van der Waals surface area contributed by atoms with Crippen molar-refractivity contribution in [2.45, 2.75) is 38.6 Å². The molecule has 0 atom stereocenters. The Morgan fingerprint density at radius 1 is 0.946 bits per heavy atom. The minimum atomic E-state index is -0.470. The number of hydrogen-bond acceptors (Lipinski definition) is 5. The molecule has 1 fully saturated rings. The first-order chi connectivity index (χ1) is 18.1. The van der Waals surface area contributed by atoms with Crippen molar-refractivity contribution in [1.29, 1.82) is 0 Å². The minimum Gasteiger partial charge on any atom is -0.505 e. The van der Waals surface area contributed by atoms with Crippen molar-refractivity contribution in [2.75, 3.05) is 13.2 Å². The Balaban J connectivity index is 1.43. The number of carbonyl (C=O) groups is 1. The molecule has 0 spiro atoms. The Hall–Kier alpha value is -3.48. The molecule has 1 saturated heterocycles. The second kappa shape index (κ2) is 11.7. The number of hydrogen-bond donors (Lipinski definition) is 2. The fourth-order valence-corrected chi connectivity index (χ4v) is 5.00. The number of amides is 1. The van der Waals surface area contributed by atoms with Gasteiger partial charge in [0.2, 0.25) is 0 Å². The lowest BCUT2D eigenvalue weighted by Gasteiger charge is -2.22. The summed E-state index contributed by atoms with van der Waals surface area (Å²) in [5, 5.41) is 23.8. The number of halogens is 1. The highest BCUT2D eigenvalue weighted by atomic mass is 35.5. The van der Waals surface area contributed by atoms with Crippen LogP contribution in [0.5, 0.6) is 5.75 Å². The number of aryl methyl sites for hydroxylation is 2. The van der Waals surface area contributed by atoms with Crippen LogP contribution in [0.4, 0.5) is 0 Å². The molecule has 5 rings (SSSR count). The van der Waals surface area contributed by atoms with Crippen LogP contribution in [-0.2, 0) is 30.5 Å². The smallest absolute Gasteiger partial charge is 0.275 e. The third-order valence-corrected chi connectivity index (χ3v) is 7.20. The largest absolute Gasteiger partial charge is 0.505 e.